The van der Waals surface area contributed by atoms with E-state index in [1.807, 2.05) is 68.1 Å². The zero-order chi connectivity index (χ0) is 24.5. The van der Waals surface area contributed by atoms with Gasteiger partial charge in [-0.15, -0.1) is 0 Å². The zero-order valence-electron chi connectivity index (χ0n) is 20.7. The van der Waals surface area contributed by atoms with Crippen molar-refractivity contribution < 1.29 is 9.21 Å². The minimum absolute atomic E-state index is 0.0137. The third-order valence-corrected chi connectivity index (χ3v) is 6.82. The van der Waals surface area contributed by atoms with E-state index in [0.717, 1.165) is 46.3 Å². The number of aromatic nitrogens is 3. The highest BCUT2D eigenvalue weighted by Crippen LogP contribution is 2.29. The highest BCUT2D eigenvalue weighted by atomic mass is 16.4. The highest BCUT2D eigenvalue weighted by Gasteiger charge is 2.33. The number of benzene rings is 2. The number of carbonyl (C=O) groups excluding carboxylic acids is 1. The number of carbonyl (C=O) groups is 1. The molecular formula is C28H31N5O2. The summed E-state index contributed by atoms with van der Waals surface area (Å²) in [4.78, 5) is 29.6. The van der Waals surface area contributed by atoms with Crippen LogP contribution in [0.5, 0.6) is 0 Å². The lowest BCUT2D eigenvalue weighted by molar-refractivity contribution is 0.0540. The minimum atomic E-state index is 0.0137. The largest absolute Gasteiger partial charge is 0.424 e. The van der Waals surface area contributed by atoms with Gasteiger partial charge in [0.1, 0.15) is 5.52 Å². The van der Waals surface area contributed by atoms with E-state index in [4.69, 9.17) is 4.42 Å². The molecule has 5 rings (SSSR count). The number of rotatable bonds is 5. The van der Waals surface area contributed by atoms with Crippen molar-refractivity contribution in [1.82, 2.24) is 19.9 Å². The molecule has 1 aliphatic rings. The number of nitrogens with zero attached hydrogens (tertiary/aromatic N) is 4. The van der Waals surface area contributed by atoms with E-state index >= 15 is 0 Å². The van der Waals surface area contributed by atoms with Crippen LogP contribution in [0.4, 0.5) is 6.01 Å². The van der Waals surface area contributed by atoms with Crippen molar-refractivity contribution in [2.45, 2.75) is 46.6 Å². The van der Waals surface area contributed by atoms with Crippen molar-refractivity contribution in [2.24, 2.45) is 5.92 Å². The summed E-state index contributed by atoms with van der Waals surface area (Å²) in [5.74, 6) is 0.936. The molecule has 4 aromatic rings. The lowest BCUT2D eigenvalue weighted by Gasteiger charge is -2.40. The number of anilines is 1. The van der Waals surface area contributed by atoms with Crippen molar-refractivity contribution in [1.29, 1.82) is 0 Å². The quantitative estimate of drug-likeness (QED) is 0.412. The Kier molecular flexibility index (Phi) is 6.24. The molecule has 1 aliphatic heterocycles. The molecule has 35 heavy (non-hydrogen) atoms. The van der Waals surface area contributed by atoms with Gasteiger partial charge in [-0.1, -0.05) is 30.7 Å². The smallest absolute Gasteiger partial charge is 0.295 e. The van der Waals surface area contributed by atoms with Crippen LogP contribution in [0.2, 0.25) is 0 Å². The molecule has 3 heterocycles. The molecule has 180 valence electrons. The first-order valence-corrected chi connectivity index (χ1v) is 12.2. The second-order valence-corrected chi connectivity index (χ2v) is 9.63. The molecule has 1 saturated heterocycles. The summed E-state index contributed by atoms with van der Waals surface area (Å²) in [6, 6.07) is 14.2. The Labute approximate surface area is 205 Å². The van der Waals surface area contributed by atoms with E-state index in [9.17, 15) is 4.79 Å². The Morgan fingerprint density at radius 1 is 1.09 bits per heavy atom. The van der Waals surface area contributed by atoms with Gasteiger partial charge in [0.2, 0.25) is 0 Å². The summed E-state index contributed by atoms with van der Waals surface area (Å²) < 4.78 is 5.89. The van der Waals surface area contributed by atoms with Crippen LogP contribution in [0.15, 0.2) is 53.1 Å². The van der Waals surface area contributed by atoms with Gasteiger partial charge in [-0.25, -0.2) is 9.97 Å². The Morgan fingerprint density at radius 2 is 1.89 bits per heavy atom. The van der Waals surface area contributed by atoms with Crippen LogP contribution < -0.4 is 5.32 Å². The highest BCUT2D eigenvalue weighted by molar-refractivity contribution is 6.00. The zero-order valence-corrected chi connectivity index (χ0v) is 20.7. The predicted octanol–water partition coefficient (Wildman–Crippen LogP) is 5.56. The van der Waals surface area contributed by atoms with Crippen molar-refractivity contribution >= 4 is 23.0 Å². The van der Waals surface area contributed by atoms with Crippen LogP contribution in [0.3, 0.4) is 0 Å². The van der Waals surface area contributed by atoms with Gasteiger partial charge in [0, 0.05) is 30.5 Å². The van der Waals surface area contributed by atoms with Crippen molar-refractivity contribution in [2.75, 3.05) is 18.4 Å². The SMILES string of the molecule is Cc1ccc(-c2nccc(C)n2)c(C(=O)N2CCC[C@@H](C)[C@H]2CNc2nc3cc(C)ccc3o2)c1. The van der Waals surface area contributed by atoms with E-state index in [1.54, 1.807) is 6.20 Å². The van der Waals surface area contributed by atoms with Gasteiger partial charge in [-0.05, 0) is 69.4 Å². The maximum atomic E-state index is 14.0. The third kappa shape index (κ3) is 4.76. The molecule has 0 spiro atoms. The van der Waals surface area contributed by atoms with Crippen LogP contribution in [-0.4, -0.2) is 44.9 Å². The van der Waals surface area contributed by atoms with Crippen LogP contribution in [0.25, 0.3) is 22.5 Å². The number of likely N-dealkylation sites (tertiary alicyclic amines) is 1. The standard InChI is InChI=1S/C28H31N5O2/c1-17-7-9-21(26-29-12-11-20(4)31-26)22(14-17)27(34)33-13-5-6-19(3)24(33)16-30-28-32-23-15-18(2)8-10-25(23)35-28/h7-12,14-15,19,24H,5-6,13,16H2,1-4H3,(H,30,32)/t19-,24-/m1/s1. The van der Waals surface area contributed by atoms with Crippen LogP contribution in [-0.2, 0) is 0 Å². The molecular weight excluding hydrogens is 438 g/mol. The Bertz CT molecular complexity index is 1380. The summed E-state index contributed by atoms with van der Waals surface area (Å²) in [6.07, 6.45) is 3.79. The summed E-state index contributed by atoms with van der Waals surface area (Å²) in [5, 5.41) is 3.36. The topological polar surface area (TPSA) is 84.2 Å². The molecule has 1 amide bonds. The first-order valence-electron chi connectivity index (χ1n) is 12.2. The summed E-state index contributed by atoms with van der Waals surface area (Å²) in [5.41, 5.74) is 6.05. The van der Waals surface area contributed by atoms with Crippen LogP contribution in [0, 0.1) is 26.7 Å². The van der Waals surface area contributed by atoms with Crippen molar-refractivity contribution in [3.05, 3.63) is 71.0 Å². The number of hydrogen-bond donors (Lipinski definition) is 1. The molecule has 0 radical (unpaired) electrons. The molecule has 0 aliphatic carbocycles. The van der Waals surface area contributed by atoms with Gasteiger partial charge in [-0.3, -0.25) is 4.79 Å². The fourth-order valence-electron chi connectivity index (χ4n) is 4.88. The second-order valence-electron chi connectivity index (χ2n) is 9.63. The third-order valence-electron chi connectivity index (χ3n) is 6.82. The fraction of sp³-hybridized carbons (Fsp3) is 0.357. The number of oxazole rings is 1. The van der Waals surface area contributed by atoms with Gasteiger partial charge in [0.15, 0.2) is 11.4 Å². The average Bonchev–Trinajstić information content (AvgIpc) is 3.24. The predicted molar refractivity (Wildman–Crippen MR) is 137 cm³/mol. The average molecular weight is 470 g/mol. The second kappa shape index (κ2) is 9.49. The number of fused-ring (bicyclic) bond motifs is 1. The molecule has 2 aromatic carbocycles. The molecule has 1 N–H and O–H groups in total. The van der Waals surface area contributed by atoms with Gasteiger partial charge >= 0.3 is 0 Å². The van der Waals surface area contributed by atoms with E-state index in [-0.39, 0.29) is 11.9 Å². The molecule has 0 unspecified atom stereocenters. The molecule has 1 fully saturated rings. The Hall–Kier alpha value is -3.74. The molecule has 2 aromatic heterocycles. The maximum absolute atomic E-state index is 14.0. The normalized spacial score (nSPS) is 18.1. The maximum Gasteiger partial charge on any atom is 0.295 e. The Balaban J connectivity index is 1.42. The van der Waals surface area contributed by atoms with Gasteiger partial charge < -0.3 is 14.6 Å². The van der Waals surface area contributed by atoms with E-state index < -0.39 is 0 Å². The van der Waals surface area contributed by atoms with Gasteiger partial charge in [0.05, 0.1) is 11.6 Å². The lowest BCUT2D eigenvalue weighted by Crippen LogP contribution is -2.51. The van der Waals surface area contributed by atoms with Crippen molar-refractivity contribution in [3.8, 4) is 11.4 Å². The van der Waals surface area contributed by atoms with Crippen LogP contribution >= 0.6 is 0 Å². The van der Waals surface area contributed by atoms with E-state index in [2.05, 4.69) is 27.2 Å². The molecule has 7 heteroatoms. The van der Waals surface area contributed by atoms with E-state index in [1.165, 1.54) is 0 Å². The Morgan fingerprint density at radius 3 is 2.71 bits per heavy atom. The number of aryl methyl sites for hydroxylation is 3. The molecule has 0 bridgehead atoms. The summed E-state index contributed by atoms with van der Waals surface area (Å²) in [7, 11) is 0. The van der Waals surface area contributed by atoms with Crippen molar-refractivity contribution in [3.63, 3.8) is 0 Å². The monoisotopic (exact) mass is 469 g/mol. The fourth-order valence-corrected chi connectivity index (χ4v) is 4.88. The van der Waals surface area contributed by atoms with Gasteiger partial charge in [0.25, 0.3) is 11.9 Å². The number of piperidine rings is 1. The van der Waals surface area contributed by atoms with Gasteiger partial charge in [-0.2, -0.15) is 4.98 Å². The minimum Gasteiger partial charge on any atom is -0.424 e. The molecule has 2 atom stereocenters. The summed E-state index contributed by atoms with van der Waals surface area (Å²) in [6.45, 7) is 9.47. The first-order chi connectivity index (χ1) is 16.9. The van der Waals surface area contributed by atoms with Crippen LogP contribution in [0.1, 0.15) is 46.9 Å². The van der Waals surface area contributed by atoms with E-state index in [0.29, 0.717) is 36.4 Å². The molecule has 0 saturated carbocycles. The number of hydrogen-bond acceptors (Lipinski definition) is 6. The summed E-state index contributed by atoms with van der Waals surface area (Å²) >= 11 is 0. The number of nitrogens with one attached hydrogen (secondary N) is 1. The molecule has 7 nitrogen and oxygen atoms in total. The lowest BCUT2D eigenvalue weighted by atomic mass is 9.89. The first kappa shape index (κ1) is 23.0. The number of amides is 1.